The van der Waals surface area contributed by atoms with E-state index in [1.165, 1.54) is 49.3 Å². The maximum Gasteiger partial charge on any atom is 0.159 e. The Morgan fingerprint density at radius 2 is 0.836 bits per heavy atom. The summed E-state index contributed by atoms with van der Waals surface area (Å²) in [4.78, 5) is 2.35. The average molecular weight is 855 g/mol. The molecule has 2 aromatic heterocycles. The summed E-state index contributed by atoms with van der Waals surface area (Å²) in [6, 6.07) is 91.8. The molecule has 0 fully saturated rings. The van der Waals surface area contributed by atoms with Crippen molar-refractivity contribution < 1.29 is 4.42 Å². The summed E-state index contributed by atoms with van der Waals surface area (Å²) in [5, 5.41) is 7.18. The van der Waals surface area contributed by atoms with E-state index in [1.807, 2.05) is 6.07 Å². The molecule has 0 bridgehead atoms. The summed E-state index contributed by atoms with van der Waals surface area (Å²) < 4.78 is 9.22. The van der Waals surface area contributed by atoms with Gasteiger partial charge in [-0.1, -0.05) is 182 Å². The van der Waals surface area contributed by atoms with E-state index < -0.39 is 0 Å². The molecule has 0 spiro atoms. The maximum atomic E-state index is 6.84. The fraction of sp³-hybridized carbons (Fsp3) is 0. The summed E-state index contributed by atoms with van der Waals surface area (Å²) in [7, 11) is 0. The maximum absolute atomic E-state index is 6.84. The van der Waals surface area contributed by atoms with Gasteiger partial charge in [-0.25, -0.2) is 0 Å². The normalized spacial score (nSPS) is 11.6. The highest BCUT2D eigenvalue weighted by atomic mass is 16.3. The zero-order valence-corrected chi connectivity index (χ0v) is 36.6. The van der Waals surface area contributed by atoms with Gasteiger partial charge >= 0.3 is 0 Å². The zero-order chi connectivity index (χ0) is 44.3. The van der Waals surface area contributed by atoms with Crippen LogP contribution in [0.4, 0.5) is 17.1 Å². The van der Waals surface area contributed by atoms with E-state index in [4.69, 9.17) is 4.42 Å². The van der Waals surface area contributed by atoms with Crippen molar-refractivity contribution in [2.45, 2.75) is 0 Å². The molecular weight excluding hydrogens is 813 g/mol. The summed E-state index contributed by atoms with van der Waals surface area (Å²) in [5.41, 5.74) is 17.6. The van der Waals surface area contributed by atoms with E-state index in [9.17, 15) is 0 Å². The van der Waals surface area contributed by atoms with Gasteiger partial charge in [0.1, 0.15) is 5.58 Å². The van der Waals surface area contributed by atoms with Crippen molar-refractivity contribution in [3.63, 3.8) is 0 Å². The predicted molar refractivity (Wildman–Crippen MR) is 282 cm³/mol. The highest BCUT2D eigenvalue weighted by molar-refractivity contribution is 6.12. The molecule has 0 aliphatic heterocycles. The highest BCUT2D eigenvalue weighted by Gasteiger charge is 2.22. The molecule has 2 heterocycles. The van der Waals surface area contributed by atoms with Crippen molar-refractivity contribution >= 4 is 71.6 Å². The molecule has 0 amide bonds. The Morgan fingerprint density at radius 1 is 0.313 bits per heavy atom. The Morgan fingerprint density at radius 3 is 1.55 bits per heavy atom. The largest absolute Gasteiger partial charge is 0.454 e. The SMILES string of the molecule is c1ccc(-c2cc(N(c3ccc(-c4cccc(-c5cccc6ccccc56)c4)cc3)c3ccc(-c4cccc(-n5c6ccccc6c6ccccc65)c4)cc3)c3oc4ccccc4c3c2)cc1. The van der Waals surface area contributed by atoms with E-state index in [1.54, 1.807) is 0 Å². The fourth-order valence-electron chi connectivity index (χ4n) is 10.2. The Balaban J connectivity index is 0.941. The molecule has 0 unspecified atom stereocenters. The first kappa shape index (κ1) is 38.5. The lowest BCUT2D eigenvalue weighted by Gasteiger charge is -2.27. The lowest BCUT2D eigenvalue weighted by atomic mass is 9.95. The van der Waals surface area contributed by atoms with Gasteiger partial charge in [0.05, 0.1) is 16.7 Å². The van der Waals surface area contributed by atoms with Gasteiger partial charge in [0.2, 0.25) is 0 Å². The van der Waals surface area contributed by atoms with E-state index >= 15 is 0 Å². The predicted octanol–water partition coefficient (Wildman–Crippen LogP) is 18.0. The van der Waals surface area contributed by atoms with Gasteiger partial charge in [0.15, 0.2) is 5.58 Å². The molecule has 314 valence electrons. The number of nitrogens with zero attached hydrogens (tertiary/aromatic N) is 2. The first-order valence-electron chi connectivity index (χ1n) is 22.9. The van der Waals surface area contributed by atoms with Crippen molar-refractivity contribution in [3.05, 3.63) is 255 Å². The Labute approximate surface area is 388 Å². The molecule has 0 aliphatic rings. The quantitative estimate of drug-likeness (QED) is 0.152. The second kappa shape index (κ2) is 16.0. The van der Waals surface area contributed by atoms with Crippen LogP contribution in [0.1, 0.15) is 0 Å². The third-order valence-corrected chi connectivity index (χ3v) is 13.4. The molecule has 0 N–H and O–H groups in total. The standard InChI is InChI=1S/C64H42N2O/c1-2-15-43(16-3-1)50-41-59-58-26-8-11-30-63(58)67-64(59)62(42-50)65(51-35-31-44(32-36-51)47-19-12-21-49(39-47)55-27-14-18-46-17-4-5-23-54(46)55)52-37-33-45(34-38-52)48-20-13-22-53(40-48)66-60-28-9-6-24-56(60)57-25-7-10-29-61(57)66/h1-42H. The molecule has 0 aliphatic carbocycles. The first-order chi connectivity index (χ1) is 33.2. The second-order valence-corrected chi connectivity index (χ2v) is 17.3. The van der Waals surface area contributed by atoms with Crippen LogP contribution in [0.3, 0.4) is 0 Å². The lowest BCUT2D eigenvalue weighted by Crippen LogP contribution is -2.10. The lowest BCUT2D eigenvalue weighted by molar-refractivity contribution is 0.669. The van der Waals surface area contributed by atoms with Crippen LogP contribution in [0.5, 0.6) is 0 Å². The number of anilines is 3. The fourth-order valence-corrected chi connectivity index (χ4v) is 10.2. The third kappa shape index (κ3) is 6.67. The second-order valence-electron chi connectivity index (χ2n) is 17.3. The Kier molecular flexibility index (Phi) is 9.17. The number of rotatable bonds is 8. The Bertz CT molecular complexity index is 3910. The number of furan rings is 1. The van der Waals surface area contributed by atoms with Gasteiger partial charge in [-0.2, -0.15) is 0 Å². The minimum absolute atomic E-state index is 0.843. The van der Waals surface area contributed by atoms with Crippen molar-refractivity contribution in [3.8, 4) is 50.2 Å². The summed E-state index contributed by atoms with van der Waals surface area (Å²) >= 11 is 0. The van der Waals surface area contributed by atoms with E-state index in [2.05, 4.69) is 258 Å². The van der Waals surface area contributed by atoms with Gasteiger partial charge in [-0.3, -0.25) is 0 Å². The van der Waals surface area contributed by atoms with E-state index in [0.717, 1.165) is 72.5 Å². The van der Waals surface area contributed by atoms with Crippen LogP contribution in [0.15, 0.2) is 259 Å². The van der Waals surface area contributed by atoms with Crippen LogP contribution in [0, 0.1) is 0 Å². The number of hydrogen-bond donors (Lipinski definition) is 0. The van der Waals surface area contributed by atoms with Crippen LogP contribution in [0.25, 0.3) is 105 Å². The summed E-state index contributed by atoms with van der Waals surface area (Å²) in [6.07, 6.45) is 0. The minimum Gasteiger partial charge on any atom is -0.454 e. The summed E-state index contributed by atoms with van der Waals surface area (Å²) in [6.45, 7) is 0. The van der Waals surface area contributed by atoms with E-state index in [0.29, 0.717) is 0 Å². The molecule has 0 radical (unpaired) electrons. The molecule has 13 rings (SSSR count). The minimum atomic E-state index is 0.843. The van der Waals surface area contributed by atoms with E-state index in [-0.39, 0.29) is 0 Å². The zero-order valence-electron chi connectivity index (χ0n) is 36.6. The van der Waals surface area contributed by atoms with Crippen LogP contribution < -0.4 is 4.90 Å². The van der Waals surface area contributed by atoms with Crippen LogP contribution >= 0.6 is 0 Å². The molecule has 0 saturated heterocycles. The average Bonchev–Trinajstić information content (AvgIpc) is 3.95. The van der Waals surface area contributed by atoms with Gasteiger partial charge in [-0.15, -0.1) is 0 Å². The monoisotopic (exact) mass is 854 g/mol. The first-order valence-corrected chi connectivity index (χ1v) is 22.9. The van der Waals surface area contributed by atoms with Gasteiger partial charge in [-0.05, 0) is 128 Å². The highest BCUT2D eigenvalue weighted by Crippen LogP contribution is 2.46. The van der Waals surface area contributed by atoms with Crippen LogP contribution in [0.2, 0.25) is 0 Å². The van der Waals surface area contributed by atoms with Crippen molar-refractivity contribution in [2.24, 2.45) is 0 Å². The van der Waals surface area contributed by atoms with Crippen LogP contribution in [-0.4, -0.2) is 4.57 Å². The molecule has 3 heteroatoms. The molecule has 11 aromatic carbocycles. The number of para-hydroxylation sites is 3. The van der Waals surface area contributed by atoms with Crippen molar-refractivity contribution in [2.75, 3.05) is 4.90 Å². The number of aromatic nitrogens is 1. The van der Waals surface area contributed by atoms with Crippen molar-refractivity contribution in [1.29, 1.82) is 0 Å². The smallest absolute Gasteiger partial charge is 0.159 e. The molecule has 3 nitrogen and oxygen atoms in total. The van der Waals surface area contributed by atoms with Crippen LogP contribution in [-0.2, 0) is 0 Å². The topological polar surface area (TPSA) is 21.3 Å². The third-order valence-electron chi connectivity index (χ3n) is 13.4. The molecule has 0 saturated carbocycles. The summed E-state index contributed by atoms with van der Waals surface area (Å²) in [5.74, 6) is 0. The number of hydrogen-bond acceptors (Lipinski definition) is 2. The molecule has 0 atom stereocenters. The number of benzene rings is 11. The Hall–Kier alpha value is -8.92. The molecule has 13 aromatic rings. The van der Waals surface area contributed by atoms with Gasteiger partial charge in [0, 0.05) is 38.6 Å². The number of fused-ring (bicyclic) bond motifs is 7. The molecule has 67 heavy (non-hydrogen) atoms. The van der Waals surface area contributed by atoms with Crippen molar-refractivity contribution in [1.82, 2.24) is 4.57 Å². The van der Waals surface area contributed by atoms with Gasteiger partial charge in [0.25, 0.3) is 0 Å². The molecular formula is C64H42N2O. The van der Waals surface area contributed by atoms with Gasteiger partial charge < -0.3 is 13.9 Å².